The molecular formula is C24H28O10. The molecule has 3 rings (SSSR count). The molecule has 10 heteroatoms. The van der Waals surface area contributed by atoms with Crippen LogP contribution >= 0.6 is 0 Å². The van der Waals surface area contributed by atoms with Gasteiger partial charge in [0.1, 0.15) is 0 Å². The van der Waals surface area contributed by atoms with Gasteiger partial charge < -0.3 is 30.6 Å². The summed E-state index contributed by atoms with van der Waals surface area (Å²) in [6.07, 6.45) is 5.60. The second-order valence-corrected chi connectivity index (χ2v) is 7.76. The molecule has 0 spiro atoms. The fourth-order valence-corrected chi connectivity index (χ4v) is 3.21. The van der Waals surface area contributed by atoms with Crippen molar-refractivity contribution in [2.24, 2.45) is 5.41 Å². The molecule has 2 aromatic carbocycles. The largest absolute Gasteiger partial charge is 0.478 e. The zero-order chi connectivity index (χ0) is 25.7. The molecule has 34 heavy (non-hydrogen) atoms. The molecule has 1 fully saturated rings. The highest BCUT2D eigenvalue weighted by Gasteiger charge is 2.30. The van der Waals surface area contributed by atoms with Crippen LogP contribution in [0.5, 0.6) is 0 Å². The molecule has 0 saturated heterocycles. The summed E-state index contributed by atoms with van der Waals surface area (Å²) in [6, 6.07) is 10.2. The van der Waals surface area contributed by atoms with Crippen LogP contribution in [-0.4, -0.2) is 67.7 Å². The van der Waals surface area contributed by atoms with E-state index in [1.165, 1.54) is 61.7 Å². The molecule has 184 valence electrons. The number of hydrogen-bond donors (Lipinski definition) is 6. The minimum Gasteiger partial charge on any atom is -0.478 e. The summed E-state index contributed by atoms with van der Waals surface area (Å²) in [6.45, 7) is 0.312. The van der Waals surface area contributed by atoms with Gasteiger partial charge in [-0.05, 0) is 55.3 Å². The van der Waals surface area contributed by atoms with E-state index in [2.05, 4.69) is 0 Å². The van der Waals surface area contributed by atoms with Crippen molar-refractivity contribution in [3.8, 4) is 0 Å². The summed E-state index contributed by atoms with van der Waals surface area (Å²) in [5.74, 6) is -4.38. The van der Waals surface area contributed by atoms with E-state index in [1.807, 2.05) is 0 Å². The Morgan fingerprint density at radius 1 is 0.588 bits per heavy atom. The highest BCUT2D eigenvalue weighted by atomic mass is 16.4. The average molecular weight is 476 g/mol. The van der Waals surface area contributed by atoms with Gasteiger partial charge in [0.2, 0.25) is 0 Å². The number of aromatic carboxylic acids is 4. The van der Waals surface area contributed by atoms with Crippen molar-refractivity contribution < 1.29 is 49.8 Å². The van der Waals surface area contributed by atoms with Crippen LogP contribution in [0.3, 0.4) is 0 Å². The maximum absolute atomic E-state index is 10.4. The van der Waals surface area contributed by atoms with E-state index in [9.17, 15) is 19.2 Å². The van der Waals surface area contributed by atoms with Crippen molar-refractivity contribution in [3.05, 3.63) is 70.8 Å². The SMILES string of the molecule is O=C(O)c1ccc(C(=O)O)cc1.O=C(O)c1cccc(C(=O)O)c1.OCC1(CO)CCCCC1. The molecule has 0 amide bonds. The first kappa shape index (κ1) is 28.3. The van der Waals surface area contributed by atoms with Crippen molar-refractivity contribution in [1.82, 2.24) is 0 Å². The van der Waals surface area contributed by atoms with Crippen molar-refractivity contribution >= 4 is 23.9 Å². The van der Waals surface area contributed by atoms with Crippen molar-refractivity contribution in [1.29, 1.82) is 0 Å². The molecule has 0 bridgehead atoms. The third kappa shape index (κ3) is 9.00. The van der Waals surface area contributed by atoms with Crippen LogP contribution in [0.2, 0.25) is 0 Å². The van der Waals surface area contributed by atoms with Gasteiger partial charge in [0, 0.05) is 5.41 Å². The number of carboxylic acids is 4. The molecule has 1 saturated carbocycles. The maximum Gasteiger partial charge on any atom is 0.335 e. The van der Waals surface area contributed by atoms with Crippen LogP contribution in [0, 0.1) is 5.41 Å². The average Bonchev–Trinajstić information content (AvgIpc) is 2.85. The van der Waals surface area contributed by atoms with Gasteiger partial charge in [-0.25, -0.2) is 19.2 Å². The zero-order valence-corrected chi connectivity index (χ0v) is 18.4. The van der Waals surface area contributed by atoms with E-state index in [0.29, 0.717) is 0 Å². The molecule has 1 aliphatic rings. The van der Waals surface area contributed by atoms with Crippen molar-refractivity contribution in [2.75, 3.05) is 13.2 Å². The van der Waals surface area contributed by atoms with Crippen LogP contribution in [-0.2, 0) is 0 Å². The number of benzene rings is 2. The van der Waals surface area contributed by atoms with Gasteiger partial charge in [-0.1, -0.05) is 25.3 Å². The van der Waals surface area contributed by atoms with Crippen LogP contribution in [0.15, 0.2) is 48.5 Å². The highest BCUT2D eigenvalue weighted by Crippen LogP contribution is 2.34. The summed E-state index contributed by atoms with van der Waals surface area (Å²) in [5, 5.41) is 51.9. The quantitative estimate of drug-likeness (QED) is 0.361. The lowest BCUT2D eigenvalue weighted by Crippen LogP contribution is -2.31. The molecule has 1 aliphatic carbocycles. The van der Waals surface area contributed by atoms with E-state index in [4.69, 9.17) is 30.6 Å². The van der Waals surface area contributed by atoms with Crippen LogP contribution in [0.1, 0.15) is 73.5 Å². The van der Waals surface area contributed by atoms with E-state index in [-0.39, 0.29) is 40.9 Å². The Morgan fingerprint density at radius 3 is 1.21 bits per heavy atom. The molecule has 0 aromatic heterocycles. The lowest BCUT2D eigenvalue weighted by Gasteiger charge is -2.33. The summed E-state index contributed by atoms with van der Waals surface area (Å²) >= 11 is 0. The van der Waals surface area contributed by atoms with E-state index in [1.54, 1.807) is 0 Å². The summed E-state index contributed by atoms with van der Waals surface area (Å²) in [5.41, 5.74) is 0.00271. The van der Waals surface area contributed by atoms with Gasteiger partial charge in [-0.3, -0.25) is 0 Å². The first-order valence-electron chi connectivity index (χ1n) is 10.4. The molecule has 2 aromatic rings. The third-order valence-corrected chi connectivity index (χ3v) is 5.32. The number of rotatable bonds is 6. The molecule has 0 unspecified atom stereocenters. The number of aliphatic hydroxyl groups excluding tert-OH is 2. The Morgan fingerprint density at radius 2 is 0.941 bits per heavy atom. The van der Waals surface area contributed by atoms with Crippen molar-refractivity contribution in [2.45, 2.75) is 32.1 Å². The van der Waals surface area contributed by atoms with Gasteiger partial charge in [0.15, 0.2) is 0 Å². The molecule has 0 atom stereocenters. The summed E-state index contributed by atoms with van der Waals surface area (Å²) < 4.78 is 0. The Hall–Kier alpha value is -3.76. The first-order chi connectivity index (χ1) is 16.0. The van der Waals surface area contributed by atoms with Gasteiger partial charge in [0.05, 0.1) is 35.5 Å². The number of hydrogen-bond acceptors (Lipinski definition) is 6. The van der Waals surface area contributed by atoms with Gasteiger partial charge in [0.25, 0.3) is 0 Å². The summed E-state index contributed by atoms with van der Waals surface area (Å²) in [7, 11) is 0. The predicted octanol–water partition coefficient (Wildman–Crippen LogP) is 3.09. The van der Waals surface area contributed by atoms with Gasteiger partial charge in [-0.15, -0.1) is 0 Å². The third-order valence-electron chi connectivity index (χ3n) is 5.32. The smallest absolute Gasteiger partial charge is 0.335 e. The Labute approximate surface area is 195 Å². The fourth-order valence-electron chi connectivity index (χ4n) is 3.21. The monoisotopic (exact) mass is 476 g/mol. The van der Waals surface area contributed by atoms with E-state index in [0.717, 1.165) is 18.9 Å². The number of carboxylic acid groups (broad SMARTS) is 4. The fraction of sp³-hybridized carbons (Fsp3) is 0.333. The van der Waals surface area contributed by atoms with Crippen LogP contribution in [0.4, 0.5) is 0 Å². The molecule has 6 N–H and O–H groups in total. The molecule has 0 heterocycles. The van der Waals surface area contributed by atoms with Gasteiger partial charge in [-0.2, -0.15) is 0 Å². The van der Waals surface area contributed by atoms with Gasteiger partial charge >= 0.3 is 23.9 Å². The maximum atomic E-state index is 10.4. The topological polar surface area (TPSA) is 190 Å². The predicted molar refractivity (Wildman–Crippen MR) is 120 cm³/mol. The summed E-state index contributed by atoms with van der Waals surface area (Å²) in [4.78, 5) is 41.4. The Balaban J connectivity index is 0.000000256. The van der Waals surface area contributed by atoms with E-state index < -0.39 is 23.9 Å². The second-order valence-electron chi connectivity index (χ2n) is 7.76. The minimum absolute atomic E-state index is 0.0186. The first-order valence-corrected chi connectivity index (χ1v) is 10.4. The second kappa shape index (κ2) is 13.7. The Kier molecular flexibility index (Phi) is 11.4. The Bertz CT molecular complexity index is 907. The lowest BCUT2D eigenvalue weighted by atomic mass is 9.75. The number of aliphatic hydroxyl groups is 2. The highest BCUT2D eigenvalue weighted by molar-refractivity contribution is 5.93. The molecular weight excluding hydrogens is 448 g/mol. The van der Waals surface area contributed by atoms with Crippen LogP contribution < -0.4 is 0 Å². The lowest BCUT2D eigenvalue weighted by molar-refractivity contribution is 0.0234. The number of carbonyl (C=O) groups is 4. The molecule has 0 radical (unpaired) electrons. The van der Waals surface area contributed by atoms with Crippen LogP contribution in [0.25, 0.3) is 0 Å². The van der Waals surface area contributed by atoms with E-state index >= 15 is 0 Å². The minimum atomic E-state index is -1.13. The standard InChI is InChI=1S/2C8H6O4.C8H16O2/c9-7(10)5-1-2-6(4-3-5)8(11)12;9-7(10)5-2-1-3-6(4-5)8(11)12;9-6-8(7-10)4-2-1-3-5-8/h2*1-4H,(H,9,10)(H,11,12);9-10H,1-7H2. The van der Waals surface area contributed by atoms with Crippen molar-refractivity contribution in [3.63, 3.8) is 0 Å². The molecule has 10 nitrogen and oxygen atoms in total. The zero-order valence-electron chi connectivity index (χ0n) is 18.4. The molecule has 0 aliphatic heterocycles. The normalized spacial score (nSPS) is 13.8.